The molecule has 0 saturated carbocycles. The highest BCUT2D eigenvalue weighted by Crippen LogP contribution is 2.42. The molecule has 3 aromatic rings. The summed E-state index contributed by atoms with van der Waals surface area (Å²) in [5.74, 6) is 0.611. The average Bonchev–Trinajstić information content (AvgIpc) is 3.06. The summed E-state index contributed by atoms with van der Waals surface area (Å²) in [5, 5.41) is 4.23. The van der Waals surface area contributed by atoms with Crippen LogP contribution in [0.5, 0.6) is 0 Å². The predicted molar refractivity (Wildman–Crippen MR) is 117 cm³/mol. The quantitative estimate of drug-likeness (QED) is 0.561. The van der Waals surface area contributed by atoms with Crippen LogP contribution in [0.4, 0.5) is 5.69 Å². The molecule has 4 rings (SSSR count). The fraction of sp³-hybridized carbons (Fsp3) is 0.318. The van der Waals surface area contributed by atoms with Crippen LogP contribution >= 0.6 is 11.8 Å². The van der Waals surface area contributed by atoms with Crippen molar-refractivity contribution < 1.29 is 12.9 Å². The van der Waals surface area contributed by atoms with E-state index in [-0.39, 0.29) is 5.25 Å². The van der Waals surface area contributed by atoms with Crippen molar-refractivity contribution in [2.75, 3.05) is 10.8 Å². The minimum Gasteiger partial charge on any atom is -0.356 e. The van der Waals surface area contributed by atoms with E-state index >= 15 is 0 Å². The molecule has 0 bridgehead atoms. The van der Waals surface area contributed by atoms with Crippen LogP contribution < -0.4 is 4.31 Å². The van der Waals surface area contributed by atoms with E-state index in [9.17, 15) is 8.42 Å². The van der Waals surface area contributed by atoms with Crippen LogP contribution in [0.15, 0.2) is 56.8 Å². The number of hydrogen-bond acceptors (Lipinski definition) is 5. The van der Waals surface area contributed by atoms with Crippen LogP contribution in [0.2, 0.25) is 0 Å². The van der Waals surface area contributed by atoms with E-state index in [0.29, 0.717) is 22.8 Å². The van der Waals surface area contributed by atoms with Crippen molar-refractivity contribution in [1.29, 1.82) is 0 Å². The highest BCUT2D eigenvalue weighted by atomic mass is 32.2. The van der Waals surface area contributed by atoms with Gasteiger partial charge in [-0.25, -0.2) is 8.42 Å². The van der Waals surface area contributed by atoms with Crippen LogP contribution in [0.25, 0.3) is 11.3 Å². The predicted octanol–water partition coefficient (Wildman–Crippen LogP) is 5.35. The summed E-state index contributed by atoms with van der Waals surface area (Å²) in [4.78, 5) is 1.31. The minimum atomic E-state index is -3.73. The number of anilines is 1. The summed E-state index contributed by atoms with van der Waals surface area (Å²) < 4.78 is 34.6. The van der Waals surface area contributed by atoms with E-state index in [1.807, 2.05) is 57.2 Å². The van der Waals surface area contributed by atoms with Gasteiger partial charge in [0.15, 0.2) is 5.76 Å². The van der Waals surface area contributed by atoms with Gasteiger partial charge in [0.25, 0.3) is 10.0 Å². The molecule has 2 heterocycles. The number of nitrogens with zero attached hydrogens (tertiary/aromatic N) is 2. The summed E-state index contributed by atoms with van der Waals surface area (Å²) in [6.07, 6.45) is 0.903. The normalized spacial score (nSPS) is 16.7. The highest BCUT2D eigenvalue weighted by molar-refractivity contribution is 8.00. The fourth-order valence-corrected chi connectivity index (χ4v) is 6.67. The number of fused-ring (bicyclic) bond motifs is 1. The first-order valence-corrected chi connectivity index (χ1v) is 12.0. The number of aryl methyl sites for hydroxylation is 2. The SMILES string of the molecule is CC[C@@H]1CN(S(=O)(=O)c2cc(-c3onc(C)c3C)ccc2C)c2ccccc2S1. The zero-order valence-electron chi connectivity index (χ0n) is 17.0. The zero-order chi connectivity index (χ0) is 20.8. The van der Waals surface area contributed by atoms with Crippen molar-refractivity contribution in [2.24, 2.45) is 0 Å². The summed E-state index contributed by atoms with van der Waals surface area (Å²) in [6, 6.07) is 13.2. The maximum absolute atomic E-state index is 13.8. The van der Waals surface area contributed by atoms with Crippen molar-refractivity contribution in [3.05, 3.63) is 59.3 Å². The lowest BCUT2D eigenvalue weighted by Crippen LogP contribution is -2.39. The fourth-order valence-electron chi connectivity index (χ4n) is 3.53. The van der Waals surface area contributed by atoms with E-state index < -0.39 is 10.0 Å². The molecule has 0 aliphatic carbocycles. The number of rotatable bonds is 4. The molecule has 0 unspecified atom stereocenters. The van der Waals surface area contributed by atoms with Gasteiger partial charge < -0.3 is 4.52 Å². The maximum atomic E-state index is 13.8. The Labute approximate surface area is 176 Å². The molecule has 7 heteroatoms. The molecule has 5 nitrogen and oxygen atoms in total. The van der Waals surface area contributed by atoms with E-state index in [0.717, 1.165) is 33.8 Å². The Bertz CT molecular complexity index is 1170. The lowest BCUT2D eigenvalue weighted by atomic mass is 10.1. The van der Waals surface area contributed by atoms with Gasteiger partial charge in [-0.2, -0.15) is 0 Å². The first kappa shape index (κ1) is 20.0. The highest BCUT2D eigenvalue weighted by Gasteiger charge is 2.34. The first-order valence-electron chi connectivity index (χ1n) is 9.65. The third-order valence-corrected chi connectivity index (χ3v) is 8.76. The van der Waals surface area contributed by atoms with E-state index in [1.54, 1.807) is 22.1 Å². The van der Waals surface area contributed by atoms with Gasteiger partial charge in [-0.15, -0.1) is 11.8 Å². The third-order valence-electron chi connectivity index (χ3n) is 5.43. The molecule has 1 aliphatic rings. The second kappa shape index (κ2) is 7.54. The molecule has 1 aliphatic heterocycles. The minimum absolute atomic E-state index is 0.224. The Hall–Kier alpha value is -2.25. The monoisotopic (exact) mass is 428 g/mol. The molecule has 0 spiro atoms. The molecule has 1 aromatic heterocycles. The maximum Gasteiger partial charge on any atom is 0.264 e. The topological polar surface area (TPSA) is 63.4 Å². The number of hydrogen-bond donors (Lipinski definition) is 0. The van der Waals surface area contributed by atoms with Crippen molar-refractivity contribution in [3.63, 3.8) is 0 Å². The molecular weight excluding hydrogens is 404 g/mol. The van der Waals surface area contributed by atoms with Crippen LogP contribution in [-0.2, 0) is 10.0 Å². The van der Waals surface area contributed by atoms with Crippen LogP contribution in [0, 0.1) is 20.8 Å². The standard InChI is InChI=1S/C22H24N2O3S2/c1-5-18-13-24(19-8-6-7-9-20(19)28-18)29(25,26)21-12-17(11-10-14(21)2)22-15(3)16(4)23-27-22/h6-12,18H,5,13H2,1-4H3/t18-/m1/s1. The second-order valence-electron chi connectivity index (χ2n) is 7.35. The van der Waals surface area contributed by atoms with Gasteiger partial charge in [-0.1, -0.05) is 36.3 Å². The first-order chi connectivity index (χ1) is 13.8. The zero-order valence-corrected chi connectivity index (χ0v) is 18.6. The number of thioether (sulfide) groups is 1. The van der Waals surface area contributed by atoms with E-state index in [1.165, 1.54) is 0 Å². The van der Waals surface area contributed by atoms with Crippen LogP contribution in [-0.4, -0.2) is 25.4 Å². The smallest absolute Gasteiger partial charge is 0.264 e. The van der Waals surface area contributed by atoms with Crippen molar-refractivity contribution >= 4 is 27.5 Å². The van der Waals surface area contributed by atoms with Gasteiger partial charge in [-0.05, 0) is 51.0 Å². The number of sulfonamides is 1. The summed E-state index contributed by atoms with van der Waals surface area (Å²) >= 11 is 1.75. The van der Waals surface area contributed by atoms with Crippen molar-refractivity contribution in [2.45, 2.75) is 49.2 Å². The largest absolute Gasteiger partial charge is 0.356 e. The number of aromatic nitrogens is 1. The molecule has 1 atom stereocenters. The van der Waals surface area contributed by atoms with Gasteiger partial charge in [-0.3, -0.25) is 4.31 Å². The molecule has 152 valence electrons. The Kier molecular flexibility index (Phi) is 5.21. The number of benzene rings is 2. The average molecular weight is 429 g/mol. The molecule has 0 N–H and O–H groups in total. The van der Waals surface area contributed by atoms with Gasteiger partial charge >= 0.3 is 0 Å². The van der Waals surface area contributed by atoms with Crippen LogP contribution in [0.1, 0.15) is 30.2 Å². The summed E-state index contributed by atoms with van der Waals surface area (Å²) in [5.41, 5.74) is 3.91. The van der Waals surface area contributed by atoms with Gasteiger partial charge in [0.05, 0.1) is 16.3 Å². The lowest BCUT2D eigenvalue weighted by molar-refractivity contribution is 0.426. The van der Waals surface area contributed by atoms with E-state index in [4.69, 9.17) is 4.52 Å². The third kappa shape index (κ3) is 3.46. The second-order valence-corrected chi connectivity index (χ2v) is 10.5. The van der Waals surface area contributed by atoms with Gasteiger partial charge in [0.1, 0.15) is 0 Å². The number of para-hydroxylation sites is 1. The Morgan fingerprint density at radius 3 is 2.62 bits per heavy atom. The van der Waals surface area contributed by atoms with Crippen molar-refractivity contribution in [1.82, 2.24) is 5.16 Å². The molecule has 29 heavy (non-hydrogen) atoms. The van der Waals surface area contributed by atoms with Crippen molar-refractivity contribution in [3.8, 4) is 11.3 Å². The Morgan fingerprint density at radius 1 is 1.17 bits per heavy atom. The molecule has 0 saturated heterocycles. The molecule has 0 fully saturated rings. The molecular formula is C22H24N2O3S2. The summed E-state index contributed by atoms with van der Waals surface area (Å²) in [6.45, 7) is 8.19. The molecule has 0 radical (unpaired) electrons. The van der Waals surface area contributed by atoms with Crippen LogP contribution in [0.3, 0.4) is 0 Å². The summed E-state index contributed by atoms with van der Waals surface area (Å²) in [7, 11) is -3.73. The lowest BCUT2D eigenvalue weighted by Gasteiger charge is -2.34. The molecule has 2 aromatic carbocycles. The molecule has 0 amide bonds. The van der Waals surface area contributed by atoms with E-state index in [2.05, 4.69) is 12.1 Å². The van der Waals surface area contributed by atoms with Gasteiger partial charge in [0, 0.05) is 27.8 Å². The van der Waals surface area contributed by atoms with Gasteiger partial charge in [0.2, 0.25) is 0 Å². The Balaban J connectivity index is 1.84. The Morgan fingerprint density at radius 2 is 1.93 bits per heavy atom.